The molecule has 0 bridgehead atoms. The van der Waals surface area contributed by atoms with Crippen LogP contribution < -0.4 is 0 Å². The molecule has 2 nitrogen and oxygen atoms in total. The highest BCUT2D eigenvalue weighted by molar-refractivity contribution is 7.16. The Balaban J connectivity index is 3.37. The second-order valence-corrected chi connectivity index (χ2v) is 8.56. The molecule has 0 atom stereocenters. The highest BCUT2D eigenvalue weighted by Gasteiger charge is 2.24. The summed E-state index contributed by atoms with van der Waals surface area (Å²) in [5.41, 5.74) is 0. The van der Waals surface area contributed by atoms with Crippen LogP contribution in [0.15, 0.2) is 0 Å². The summed E-state index contributed by atoms with van der Waals surface area (Å²) in [6.07, 6.45) is 0. The summed E-state index contributed by atoms with van der Waals surface area (Å²) in [4.78, 5) is 18.1. The molecule has 0 unspecified atom stereocenters. The Hall–Kier alpha value is 0.354. The van der Waals surface area contributed by atoms with Gasteiger partial charge in [0.25, 0.3) is 0 Å². The lowest BCUT2D eigenvalue weighted by atomic mass is 11.0. The predicted octanol–water partition coefficient (Wildman–Crippen LogP) is 0.0722. The summed E-state index contributed by atoms with van der Waals surface area (Å²) in [6.45, 7) is 3.80. The van der Waals surface area contributed by atoms with E-state index in [4.69, 9.17) is 9.59 Å². The van der Waals surface area contributed by atoms with Crippen LogP contribution >= 0.6 is 0 Å². The Bertz CT molecular complexity index is 65.1. The molecular weight excluding hydrogens is 136 g/mol. The minimum Gasteiger partial charge on any atom is -0.413 e. The van der Waals surface area contributed by atoms with E-state index in [1.807, 2.05) is 13.8 Å². The normalized spacial score (nSPS) is 12.0. The maximum atomic E-state index is 9.03. The Labute approximate surface area is 53.4 Å². The summed E-state index contributed by atoms with van der Waals surface area (Å²) in [5.74, 6) is 0. The van der Waals surface area contributed by atoms with Gasteiger partial charge in [-0.3, -0.25) is 0 Å². The van der Waals surface area contributed by atoms with Gasteiger partial charge in [-0.2, -0.15) is 0 Å². The molecule has 0 amide bonds. The number of hydrogen-bond acceptors (Lipinski definition) is 2. The molecule has 0 saturated heterocycles. The standard InChI is InChI=1S/C4H12O2Si2/c1-3-7-8(5,6)4-2/h5-6H,3-4H2,1-2H3. The van der Waals surface area contributed by atoms with Crippen LogP contribution in [0.5, 0.6) is 0 Å². The van der Waals surface area contributed by atoms with E-state index in [0.29, 0.717) is 15.1 Å². The van der Waals surface area contributed by atoms with Crippen LogP contribution in [0.2, 0.25) is 12.1 Å². The molecule has 0 aliphatic rings. The van der Waals surface area contributed by atoms with Crippen LogP contribution in [-0.4, -0.2) is 26.7 Å². The van der Waals surface area contributed by atoms with E-state index < -0.39 is 8.08 Å². The third kappa shape index (κ3) is 3.37. The van der Waals surface area contributed by atoms with Crippen LogP contribution in [-0.2, 0) is 0 Å². The first-order valence-electron chi connectivity index (χ1n) is 2.82. The van der Waals surface area contributed by atoms with Crippen LogP contribution in [0.1, 0.15) is 13.8 Å². The van der Waals surface area contributed by atoms with E-state index in [0.717, 1.165) is 6.04 Å². The molecule has 0 saturated carbocycles. The molecule has 0 aromatic rings. The minimum atomic E-state index is -2.65. The molecular formula is C4H12O2Si2. The van der Waals surface area contributed by atoms with Gasteiger partial charge in [0.15, 0.2) is 0 Å². The Morgan fingerprint density at radius 2 is 1.88 bits per heavy atom. The molecule has 2 radical (unpaired) electrons. The van der Waals surface area contributed by atoms with Gasteiger partial charge in [-0.05, 0) is 6.04 Å². The van der Waals surface area contributed by atoms with Gasteiger partial charge in [-0.25, -0.2) is 0 Å². The zero-order valence-corrected chi connectivity index (χ0v) is 7.31. The fourth-order valence-corrected chi connectivity index (χ4v) is 3.67. The van der Waals surface area contributed by atoms with Gasteiger partial charge in [0.2, 0.25) is 0 Å². The second-order valence-electron chi connectivity index (χ2n) is 1.70. The maximum absolute atomic E-state index is 9.03. The van der Waals surface area contributed by atoms with Gasteiger partial charge < -0.3 is 9.59 Å². The van der Waals surface area contributed by atoms with Crippen molar-refractivity contribution < 1.29 is 9.59 Å². The van der Waals surface area contributed by atoms with E-state index in [9.17, 15) is 0 Å². The van der Waals surface area contributed by atoms with E-state index in [1.165, 1.54) is 0 Å². The van der Waals surface area contributed by atoms with Crippen molar-refractivity contribution in [2.45, 2.75) is 25.9 Å². The molecule has 4 heteroatoms. The first-order valence-corrected chi connectivity index (χ1v) is 7.13. The molecule has 0 aromatic carbocycles. The number of rotatable bonds is 3. The third-order valence-corrected chi connectivity index (χ3v) is 6.68. The van der Waals surface area contributed by atoms with Gasteiger partial charge >= 0.3 is 8.08 Å². The maximum Gasteiger partial charge on any atom is 0.305 e. The Kier molecular flexibility index (Phi) is 3.54. The molecule has 8 heavy (non-hydrogen) atoms. The summed E-state index contributed by atoms with van der Waals surface area (Å²) in [5, 5.41) is 0. The van der Waals surface area contributed by atoms with Crippen molar-refractivity contribution in [3.63, 3.8) is 0 Å². The topological polar surface area (TPSA) is 40.5 Å². The molecule has 0 fully saturated rings. The second kappa shape index (κ2) is 3.39. The van der Waals surface area contributed by atoms with E-state index in [1.54, 1.807) is 0 Å². The van der Waals surface area contributed by atoms with Crippen molar-refractivity contribution in [2.75, 3.05) is 0 Å². The SMILES string of the molecule is CC[Si][Si](O)(O)CC. The Morgan fingerprint density at radius 1 is 1.38 bits per heavy atom. The summed E-state index contributed by atoms with van der Waals surface area (Å²) in [6, 6.07) is 1.48. The fourth-order valence-electron chi connectivity index (χ4n) is 0.408. The number of hydrogen-bond donors (Lipinski definition) is 2. The average Bonchev–Trinajstić information content (AvgIpc) is 1.67. The monoisotopic (exact) mass is 148 g/mol. The summed E-state index contributed by atoms with van der Waals surface area (Å²) >= 11 is 0. The van der Waals surface area contributed by atoms with Crippen LogP contribution in [0.4, 0.5) is 0 Å². The first kappa shape index (κ1) is 8.35. The highest BCUT2D eigenvalue weighted by Crippen LogP contribution is 1.98. The first-order chi connectivity index (χ1) is 3.62. The molecule has 0 spiro atoms. The minimum absolute atomic E-state index is 0.392. The molecule has 0 aliphatic heterocycles. The smallest absolute Gasteiger partial charge is 0.305 e. The molecule has 0 aliphatic carbocycles. The fraction of sp³-hybridized carbons (Fsp3) is 1.00. The molecule has 2 N–H and O–H groups in total. The Morgan fingerprint density at radius 3 is 2.00 bits per heavy atom. The van der Waals surface area contributed by atoms with Crippen molar-refractivity contribution in [1.82, 2.24) is 0 Å². The van der Waals surface area contributed by atoms with Crippen LogP contribution in [0.25, 0.3) is 0 Å². The quantitative estimate of drug-likeness (QED) is 0.556. The average molecular weight is 148 g/mol. The van der Waals surface area contributed by atoms with Gasteiger partial charge in [0, 0.05) is 0 Å². The van der Waals surface area contributed by atoms with Gasteiger partial charge in [0.05, 0.1) is 0 Å². The lowest BCUT2D eigenvalue weighted by Crippen LogP contribution is -2.41. The third-order valence-electron chi connectivity index (χ3n) is 0.953. The van der Waals surface area contributed by atoms with E-state index in [-0.39, 0.29) is 0 Å². The largest absolute Gasteiger partial charge is 0.413 e. The van der Waals surface area contributed by atoms with Crippen molar-refractivity contribution in [2.24, 2.45) is 0 Å². The van der Waals surface area contributed by atoms with Crippen molar-refractivity contribution in [1.29, 1.82) is 0 Å². The van der Waals surface area contributed by atoms with Gasteiger partial charge in [0.1, 0.15) is 9.04 Å². The van der Waals surface area contributed by atoms with E-state index >= 15 is 0 Å². The van der Waals surface area contributed by atoms with Gasteiger partial charge in [-0.15, -0.1) is 0 Å². The predicted molar refractivity (Wildman–Crippen MR) is 36.9 cm³/mol. The van der Waals surface area contributed by atoms with Crippen LogP contribution in [0, 0.1) is 0 Å². The summed E-state index contributed by atoms with van der Waals surface area (Å²) < 4.78 is 0. The van der Waals surface area contributed by atoms with Crippen LogP contribution in [0.3, 0.4) is 0 Å². The highest BCUT2D eigenvalue weighted by atomic mass is 29.2. The van der Waals surface area contributed by atoms with Crippen molar-refractivity contribution >= 4 is 17.1 Å². The molecule has 48 valence electrons. The molecule has 0 heterocycles. The molecule has 0 aromatic heterocycles. The molecule has 0 rings (SSSR count). The summed E-state index contributed by atoms with van der Waals surface area (Å²) in [7, 11) is -2.26. The van der Waals surface area contributed by atoms with Crippen molar-refractivity contribution in [3.8, 4) is 0 Å². The van der Waals surface area contributed by atoms with Gasteiger partial charge in [-0.1, -0.05) is 19.9 Å². The lowest BCUT2D eigenvalue weighted by Gasteiger charge is -2.12. The van der Waals surface area contributed by atoms with E-state index in [2.05, 4.69) is 0 Å². The lowest BCUT2D eigenvalue weighted by molar-refractivity contribution is 0.391. The zero-order valence-electron chi connectivity index (χ0n) is 5.31. The van der Waals surface area contributed by atoms with Crippen molar-refractivity contribution in [3.05, 3.63) is 0 Å². The zero-order chi connectivity index (χ0) is 6.62.